The van der Waals surface area contributed by atoms with Crippen LogP contribution in [0.25, 0.3) is 0 Å². The van der Waals surface area contributed by atoms with Crippen LogP contribution in [0.2, 0.25) is 0 Å². The van der Waals surface area contributed by atoms with Gasteiger partial charge in [-0.2, -0.15) is 4.99 Å². The molecule has 0 aromatic carbocycles. The van der Waals surface area contributed by atoms with Crippen LogP contribution >= 0.6 is 47.5 Å². The second-order valence-electron chi connectivity index (χ2n) is 1.16. The minimum atomic E-state index is 0. The number of halogens is 1. The first-order valence-corrected chi connectivity index (χ1v) is 3.94. The van der Waals surface area contributed by atoms with Crippen LogP contribution in [0.1, 0.15) is 0 Å². The van der Waals surface area contributed by atoms with Gasteiger partial charge in [0.2, 0.25) is 0 Å². The van der Waals surface area contributed by atoms with Crippen molar-refractivity contribution in [1.82, 2.24) is 0 Å². The summed E-state index contributed by atoms with van der Waals surface area (Å²) in [5.41, 5.74) is 5.28. The Morgan fingerprint density at radius 2 is 2.22 bits per heavy atom. The van der Waals surface area contributed by atoms with E-state index in [1.54, 1.807) is 0 Å². The third kappa shape index (κ3) is 3.31. The van der Waals surface area contributed by atoms with Crippen molar-refractivity contribution in [2.24, 2.45) is 10.7 Å². The summed E-state index contributed by atoms with van der Waals surface area (Å²) in [6.45, 7) is 0. The van der Waals surface area contributed by atoms with Gasteiger partial charge in [0.05, 0.1) is 5.08 Å². The normalized spacial score (nSPS) is 18.2. The zero-order valence-corrected chi connectivity index (χ0v) is 8.42. The molecule has 52 valence electrons. The van der Waals surface area contributed by atoms with Crippen molar-refractivity contribution in [3.8, 4) is 0 Å². The highest BCUT2D eigenvalue weighted by atomic mass is 127. The number of hydrogen-bond acceptors (Lipinski definition) is 4. The van der Waals surface area contributed by atoms with Gasteiger partial charge in [0.15, 0.2) is 10.3 Å². The maximum Gasteiger partial charge on any atom is 0.183 e. The predicted octanol–water partition coefficient (Wildman–Crippen LogP) is 1.29. The molecular weight excluding hydrogens is 269 g/mol. The largest absolute Gasteiger partial charge is 0.378 e. The zero-order chi connectivity index (χ0) is 5.98. The molecule has 0 aromatic heterocycles. The van der Waals surface area contributed by atoms with E-state index < -0.39 is 0 Å². The lowest BCUT2D eigenvalue weighted by molar-refractivity contribution is 1.49. The summed E-state index contributed by atoms with van der Waals surface area (Å²) in [7, 11) is 0. The van der Waals surface area contributed by atoms with Gasteiger partial charge in [0, 0.05) is 0 Å². The number of nitrogens with one attached hydrogen (secondary N) is 1. The van der Waals surface area contributed by atoms with Crippen LogP contribution in [0, 0.1) is 5.41 Å². The van der Waals surface area contributed by atoms with E-state index in [-0.39, 0.29) is 24.0 Å². The van der Waals surface area contributed by atoms with Crippen LogP contribution in [0.3, 0.4) is 0 Å². The smallest absolute Gasteiger partial charge is 0.183 e. The quantitative estimate of drug-likeness (QED) is 0.655. The Hall–Kier alpha value is 0.570. The number of rotatable bonds is 0. The molecule has 9 heavy (non-hydrogen) atoms. The summed E-state index contributed by atoms with van der Waals surface area (Å²) in [4.78, 5) is 3.69. The SMILES string of the molecule is I.N=C1N=C(N)SCS1. The van der Waals surface area contributed by atoms with E-state index in [4.69, 9.17) is 11.1 Å². The van der Waals surface area contributed by atoms with Crippen LogP contribution in [0.15, 0.2) is 4.99 Å². The van der Waals surface area contributed by atoms with E-state index in [1.165, 1.54) is 23.5 Å². The molecule has 1 aliphatic rings. The molecule has 0 bridgehead atoms. The van der Waals surface area contributed by atoms with E-state index >= 15 is 0 Å². The molecule has 0 spiro atoms. The van der Waals surface area contributed by atoms with Crippen molar-refractivity contribution in [3.05, 3.63) is 0 Å². The minimum Gasteiger partial charge on any atom is -0.378 e. The summed E-state index contributed by atoms with van der Waals surface area (Å²) in [5.74, 6) is 0. The lowest BCUT2D eigenvalue weighted by Gasteiger charge is -2.04. The molecule has 1 rings (SSSR count). The standard InChI is InChI=1S/C3H5N3S2.HI/c4-2-6-3(5)8-1-7-2;/h1H2,(H3,4,5,6);1H. The first kappa shape index (κ1) is 9.57. The van der Waals surface area contributed by atoms with E-state index in [9.17, 15) is 0 Å². The van der Waals surface area contributed by atoms with Gasteiger partial charge in [-0.15, -0.1) is 24.0 Å². The second kappa shape index (κ2) is 4.40. The lowest BCUT2D eigenvalue weighted by Crippen LogP contribution is -2.12. The van der Waals surface area contributed by atoms with Crippen LogP contribution in [0.5, 0.6) is 0 Å². The molecule has 3 nitrogen and oxygen atoms in total. The topological polar surface area (TPSA) is 62.2 Å². The summed E-state index contributed by atoms with van der Waals surface area (Å²) in [6.07, 6.45) is 0. The van der Waals surface area contributed by atoms with Crippen molar-refractivity contribution in [3.63, 3.8) is 0 Å². The van der Waals surface area contributed by atoms with Crippen molar-refractivity contribution in [2.45, 2.75) is 0 Å². The molecule has 0 fully saturated rings. The molecule has 3 N–H and O–H groups in total. The van der Waals surface area contributed by atoms with Gasteiger partial charge in [-0.25, -0.2) is 0 Å². The van der Waals surface area contributed by atoms with E-state index in [1.807, 2.05) is 0 Å². The van der Waals surface area contributed by atoms with Gasteiger partial charge in [0.1, 0.15) is 0 Å². The Morgan fingerprint density at radius 3 is 2.56 bits per heavy atom. The van der Waals surface area contributed by atoms with Gasteiger partial charge in [-0.1, -0.05) is 23.5 Å². The Morgan fingerprint density at radius 1 is 1.56 bits per heavy atom. The first-order valence-electron chi connectivity index (χ1n) is 1.97. The maximum absolute atomic E-state index is 7.00. The molecule has 6 heteroatoms. The molecule has 1 aliphatic heterocycles. The number of amidine groups is 2. The number of nitrogens with two attached hydrogens (primary N) is 1. The molecule has 0 amide bonds. The molecular formula is C3H6IN3S2. The van der Waals surface area contributed by atoms with Crippen LogP contribution in [-0.4, -0.2) is 15.4 Å². The average Bonchev–Trinajstić information content (AvgIpc) is 1.64. The highest BCUT2D eigenvalue weighted by Gasteiger charge is 2.04. The Labute approximate surface area is 78.8 Å². The van der Waals surface area contributed by atoms with Crippen molar-refractivity contribution >= 4 is 57.8 Å². The number of thioether (sulfide) groups is 2. The molecule has 0 unspecified atom stereocenters. The Kier molecular flexibility index (Phi) is 4.67. The first-order chi connectivity index (χ1) is 3.79. The Balaban J connectivity index is 0.000000640. The third-order valence-corrected chi connectivity index (χ3v) is 2.31. The van der Waals surface area contributed by atoms with E-state index in [0.29, 0.717) is 10.3 Å². The zero-order valence-electron chi connectivity index (χ0n) is 4.46. The fourth-order valence-electron chi connectivity index (χ4n) is 0.310. The highest BCUT2D eigenvalue weighted by Crippen LogP contribution is 2.18. The molecule has 0 aliphatic carbocycles. The molecule has 0 saturated carbocycles. The molecule has 0 aromatic rings. The van der Waals surface area contributed by atoms with Gasteiger partial charge in [-0.05, 0) is 0 Å². The van der Waals surface area contributed by atoms with Gasteiger partial charge in [0.25, 0.3) is 0 Å². The van der Waals surface area contributed by atoms with Crippen LogP contribution in [-0.2, 0) is 0 Å². The van der Waals surface area contributed by atoms with Crippen molar-refractivity contribution in [1.29, 1.82) is 5.41 Å². The van der Waals surface area contributed by atoms with Crippen molar-refractivity contribution in [2.75, 3.05) is 5.08 Å². The fraction of sp³-hybridized carbons (Fsp3) is 0.333. The highest BCUT2D eigenvalue weighted by molar-refractivity contribution is 14.0. The van der Waals surface area contributed by atoms with E-state index in [0.717, 1.165) is 5.08 Å². The summed E-state index contributed by atoms with van der Waals surface area (Å²) in [5, 5.41) is 8.66. The van der Waals surface area contributed by atoms with Gasteiger partial charge < -0.3 is 5.73 Å². The number of aliphatic imine (C=N–C) groups is 1. The predicted molar refractivity (Wildman–Crippen MR) is 54.8 cm³/mol. The van der Waals surface area contributed by atoms with Crippen LogP contribution < -0.4 is 5.73 Å². The Bertz CT molecular complexity index is 146. The summed E-state index contributed by atoms with van der Waals surface area (Å²) >= 11 is 2.87. The van der Waals surface area contributed by atoms with Gasteiger partial charge in [-0.3, -0.25) is 5.41 Å². The fourth-order valence-corrected chi connectivity index (χ4v) is 1.85. The second-order valence-corrected chi connectivity index (χ2v) is 3.49. The number of hydrogen-bond donors (Lipinski definition) is 2. The average molecular weight is 275 g/mol. The molecule has 0 radical (unpaired) electrons. The van der Waals surface area contributed by atoms with E-state index in [2.05, 4.69) is 4.99 Å². The minimum absolute atomic E-state index is 0. The van der Waals surface area contributed by atoms with Crippen molar-refractivity contribution < 1.29 is 0 Å². The lowest BCUT2D eigenvalue weighted by atomic mass is 11.2. The monoisotopic (exact) mass is 275 g/mol. The molecule has 0 atom stereocenters. The molecule has 1 heterocycles. The third-order valence-electron chi connectivity index (χ3n) is 0.614. The maximum atomic E-state index is 7.00. The summed E-state index contributed by atoms with van der Waals surface area (Å²) < 4.78 is 0. The van der Waals surface area contributed by atoms with Crippen LogP contribution in [0.4, 0.5) is 0 Å². The molecule has 0 saturated heterocycles. The van der Waals surface area contributed by atoms with Gasteiger partial charge >= 0.3 is 0 Å². The number of nitrogens with zero attached hydrogens (tertiary/aromatic N) is 1. The summed E-state index contributed by atoms with van der Waals surface area (Å²) in [6, 6.07) is 0.